The van der Waals surface area contributed by atoms with E-state index in [0.29, 0.717) is 28.9 Å². The van der Waals surface area contributed by atoms with Crippen LogP contribution in [0.4, 0.5) is 10.5 Å². The molecule has 0 saturated heterocycles. The van der Waals surface area contributed by atoms with Crippen LogP contribution in [0.5, 0.6) is 11.6 Å². The third kappa shape index (κ3) is 5.16. The van der Waals surface area contributed by atoms with E-state index in [2.05, 4.69) is 10.3 Å². The van der Waals surface area contributed by atoms with E-state index in [1.165, 1.54) is 11.1 Å². The Kier molecular flexibility index (Phi) is 5.78. The van der Waals surface area contributed by atoms with E-state index < -0.39 is 0 Å². The van der Waals surface area contributed by atoms with E-state index in [0.717, 1.165) is 0 Å². The van der Waals surface area contributed by atoms with Gasteiger partial charge >= 0.3 is 6.03 Å². The first-order valence-corrected chi connectivity index (χ1v) is 7.25. The molecule has 6 nitrogen and oxygen atoms in total. The van der Waals surface area contributed by atoms with Crippen LogP contribution in [0.2, 0.25) is 5.02 Å². The summed E-state index contributed by atoms with van der Waals surface area (Å²) in [5, 5.41) is 11.8. The van der Waals surface area contributed by atoms with Crippen LogP contribution < -0.4 is 10.1 Å². The highest BCUT2D eigenvalue weighted by atomic mass is 35.5. The number of carbonyl (C=O) groups is 1. The lowest BCUT2D eigenvalue weighted by Gasteiger charge is -2.16. The van der Waals surface area contributed by atoms with Crippen LogP contribution in [0, 0.1) is 11.3 Å². The van der Waals surface area contributed by atoms with Crippen molar-refractivity contribution in [2.45, 2.75) is 6.42 Å². The molecule has 0 aliphatic carbocycles. The second-order valence-electron chi connectivity index (χ2n) is 4.70. The molecule has 1 N–H and O–H groups in total. The van der Waals surface area contributed by atoms with Gasteiger partial charge in [0.05, 0.1) is 24.4 Å². The average Bonchev–Trinajstić information content (AvgIpc) is 2.56. The minimum absolute atomic E-state index is 0.288. The number of hydrogen-bond donors (Lipinski definition) is 1. The first-order chi connectivity index (χ1) is 11.1. The van der Waals surface area contributed by atoms with Crippen LogP contribution in [0.25, 0.3) is 0 Å². The molecule has 0 fully saturated rings. The van der Waals surface area contributed by atoms with Gasteiger partial charge in [-0.2, -0.15) is 5.26 Å². The molecule has 0 spiro atoms. The molecule has 7 heteroatoms. The van der Waals surface area contributed by atoms with Gasteiger partial charge in [0.1, 0.15) is 5.75 Å². The Labute approximate surface area is 139 Å². The molecule has 1 aromatic heterocycles. The van der Waals surface area contributed by atoms with Crippen molar-refractivity contribution in [1.82, 2.24) is 9.88 Å². The van der Waals surface area contributed by atoms with Gasteiger partial charge in [-0.3, -0.25) is 0 Å². The first kappa shape index (κ1) is 16.6. The smallest absolute Gasteiger partial charge is 0.321 e. The molecule has 0 unspecified atom stereocenters. The SMILES string of the molecule is CN(CCC#N)C(=O)Nc1ccc(Oc2ccc(Cl)cc2)nc1. The Morgan fingerprint density at radius 2 is 2.09 bits per heavy atom. The number of carbonyl (C=O) groups excluding carboxylic acids is 1. The normalized spacial score (nSPS) is 9.78. The van der Waals surface area contributed by atoms with Gasteiger partial charge in [-0.1, -0.05) is 11.6 Å². The summed E-state index contributed by atoms with van der Waals surface area (Å²) in [5.41, 5.74) is 0.544. The molecule has 118 valence electrons. The molecule has 0 radical (unpaired) electrons. The fourth-order valence-corrected chi connectivity index (χ4v) is 1.80. The van der Waals surface area contributed by atoms with Crippen LogP contribution in [-0.4, -0.2) is 29.5 Å². The van der Waals surface area contributed by atoms with Gasteiger partial charge in [0, 0.05) is 24.7 Å². The predicted octanol–water partition coefficient (Wildman–Crippen LogP) is 3.90. The highest BCUT2D eigenvalue weighted by Crippen LogP contribution is 2.22. The Morgan fingerprint density at radius 1 is 1.35 bits per heavy atom. The molecule has 0 bridgehead atoms. The van der Waals surface area contributed by atoms with Crippen LogP contribution in [0.3, 0.4) is 0 Å². The van der Waals surface area contributed by atoms with E-state index in [-0.39, 0.29) is 12.5 Å². The number of anilines is 1. The largest absolute Gasteiger partial charge is 0.439 e. The number of benzene rings is 1. The molecule has 0 saturated carbocycles. The zero-order chi connectivity index (χ0) is 16.7. The number of halogens is 1. The lowest BCUT2D eigenvalue weighted by atomic mass is 10.3. The number of nitriles is 1. The molecule has 23 heavy (non-hydrogen) atoms. The van der Waals surface area contributed by atoms with Gasteiger partial charge in [0.25, 0.3) is 0 Å². The summed E-state index contributed by atoms with van der Waals surface area (Å²) in [6.45, 7) is 0.369. The maximum absolute atomic E-state index is 11.9. The van der Waals surface area contributed by atoms with E-state index in [1.807, 2.05) is 6.07 Å². The van der Waals surface area contributed by atoms with Crippen LogP contribution in [0.15, 0.2) is 42.6 Å². The molecule has 0 aliphatic heterocycles. The van der Waals surface area contributed by atoms with Crippen molar-refractivity contribution in [3.05, 3.63) is 47.6 Å². The molecule has 2 rings (SSSR count). The van der Waals surface area contributed by atoms with Crippen molar-refractivity contribution >= 4 is 23.3 Å². The second-order valence-corrected chi connectivity index (χ2v) is 5.14. The van der Waals surface area contributed by atoms with Crippen molar-refractivity contribution in [2.24, 2.45) is 0 Å². The number of rotatable bonds is 5. The third-order valence-corrected chi connectivity index (χ3v) is 3.18. The molecule has 2 aromatic rings. The van der Waals surface area contributed by atoms with Gasteiger partial charge in [0.2, 0.25) is 5.88 Å². The van der Waals surface area contributed by atoms with Crippen LogP contribution in [-0.2, 0) is 0 Å². The maximum Gasteiger partial charge on any atom is 0.321 e. The van der Waals surface area contributed by atoms with Crippen molar-refractivity contribution in [1.29, 1.82) is 5.26 Å². The Hall–Kier alpha value is -2.78. The van der Waals surface area contributed by atoms with Crippen LogP contribution in [0.1, 0.15) is 6.42 Å². The highest BCUT2D eigenvalue weighted by Gasteiger charge is 2.08. The molecule has 1 aromatic carbocycles. The number of aromatic nitrogens is 1. The summed E-state index contributed by atoms with van der Waals surface area (Å²) in [6, 6.07) is 12.0. The Bertz CT molecular complexity index is 696. The number of nitrogens with one attached hydrogen (secondary N) is 1. The highest BCUT2D eigenvalue weighted by molar-refractivity contribution is 6.30. The average molecular weight is 331 g/mol. The van der Waals surface area contributed by atoms with Crippen molar-refractivity contribution < 1.29 is 9.53 Å². The van der Waals surface area contributed by atoms with Gasteiger partial charge in [-0.25, -0.2) is 9.78 Å². The summed E-state index contributed by atoms with van der Waals surface area (Å²) in [6.07, 6.45) is 1.79. The number of amides is 2. The van der Waals surface area contributed by atoms with Crippen LogP contribution >= 0.6 is 11.6 Å². The number of nitrogens with zero attached hydrogens (tertiary/aromatic N) is 3. The monoisotopic (exact) mass is 330 g/mol. The molecule has 0 atom stereocenters. The molecular weight excluding hydrogens is 316 g/mol. The van der Waals surface area contributed by atoms with E-state index in [1.54, 1.807) is 43.4 Å². The fourth-order valence-electron chi connectivity index (χ4n) is 1.68. The van der Waals surface area contributed by atoms with Gasteiger partial charge < -0.3 is 15.0 Å². The van der Waals surface area contributed by atoms with Crippen molar-refractivity contribution in [3.63, 3.8) is 0 Å². The quantitative estimate of drug-likeness (QED) is 0.901. The Balaban J connectivity index is 1.93. The summed E-state index contributed by atoms with van der Waals surface area (Å²) in [4.78, 5) is 17.4. The van der Waals surface area contributed by atoms with E-state index in [9.17, 15) is 4.79 Å². The van der Waals surface area contributed by atoms with Gasteiger partial charge in [0.15, 0.2) is 0 Å². The number of urea groups is 1. The summed E-state index contributed by atoms with van der Waals surface area (Å²) in [7, 11) is 1.62. The summed E-state index contributed by atoms with van der Waals surface area (Å²) in [5.74, 6) is 1.03. The number of hydrogen-bond acceptors (Lipinski definition) is 4. The molecule has 2 amide bonds. The number of ether oxygens (including phenoxy) is 1. The number of pyridine rings is 1. The predicted molar refractivity (Wildman–Crippen MR) is 87.6 cm³/mol. The van der Waals surface area contributed by atoms with Gasteiger partial charge in [-0.15, -0.1) is 0 Å². The minimum atomic E-state index is -0.298. The lowest BCUT2D eigenvalue weighted by Crippen LogP contribution is -2.32. The standard InChI is InChI=1S/C16H15ClN4O2/c1-21(10-2-9-18)16(22)20-13-5-8-15(19-11-13)23-14-6-3-12(17)4-7-14/h3-8,11H,2,10H2,1H3,(H,20,22). The fraction of sp³-hybridized carbons (Fsp3) is 0.188. The zero-order valence-electron chi connectivity index (χ0n) is 12.5. The Morgan fingerprint density at radius 3 is 2.70 bits per heavy atom. The lowest BCUT2D eigenvalue weighted by molar-refractivity contribution is 0.223. The summed E-state index contributed by atoms with van der Waals surface area (Å²) < 4.78 is 5.56. The summed E-state index contributed by atoms with van der Waals surface area (Å²) >= 11 is 5.81. The maximum atomic E-state index is 11.9. The van der Waals surface area contributed by atoms with E-state index >= 15 is 0 Å². The second kappa shape index (κ2) is 8.01. The molecule has 1 heterocycles. The van der Waals surface area contributed by atoms with Crippen molar-refractivity contribution in [2.75, 3.05) is 18.9 Å². The minimum Gasteiger partial charge on any atom is -0.439 e. The van der Waals surface area contributed by atoms with E-state index in [4.69, 9.17) is 21.6 Å². The van der Waals surface area contributed by atoms with Gasteiger partial charge in [-0.05, 0) is 30.3 Å². The third-order valence-electron chi connectivity index (χ3n) is 2.93. The first-order valence-electron chi connectivity index (χ1n) is 6.87. The zero-order valence-corrected chi connectivity index (χ0v) is 13.2. The van der Waals surface area contributed by atoms with Crippen molar-refractivity contribution in [3.8, 4) is 17.7 Å². The topological polar surface area (TPSA) is 78.2 Å². The molecule has 0 aliphatic rings. The molecular formula is C16H15ClN4O2.